The molecular formula is C31H35Cl2N3O2. The fourth-order valence-corrected chi connectivity index (χ4v) is 5.60. The van der Waals surface area contributed by atoms with Crippen LogP contribution in [0.1, 0.15) is 41.6 Å². The van der Waals surface area contributed by atoms with E-state index in [2.05, 4.69) is 51.4 Å². The van der Waals surface area contributed by atoms with Gasteiger partial charge in [-0.25, -0.2) is 0 Å². The van der Waals surface area contributed by atoms with Crippen molar-refractivity contribution in [2.75, 3.05) is 27.2 Å². The Kier molecular flexibility index (Phi) is 8.90. The third kappa shape index (κ3) is 6.70. The van der Waals surface area contributed by atoms with Crippen LogP contribution in [0.25, 0.3) is 11.0 Å². The summed E-state index contributed by atoms with van der Waals surface area (Å²) in [5, 5.41) is 6.66. The van der Waals surface area contributed by atoms with Gasteiger partial charge in [-0.3, -0.25) is 4.90 Å². The maximum absolute atomic E-state index is 6.22. The average molecular weight is 553 g/mol. The van der Waals surface area contributed by atoms with Crippen LogP contribution < -0.4 is 4.74 Å². The molecule has 38 heavy (non-hydrogen) atoms. The lowest BCUT2D eigenvalue weighted by Crippen LogP contribution is -2.33. The number of aromatic nitrogens is 1. The van der Waals surface area contributed by atoms with E-state index in [1.54, 1.807) is 6.07 Å². The molecule has 0 aliphatic carbocycles. The summed E-state index contributed by atoms with van der Waals surface area (Å²) in [6, 6.07) is 20.5. The van der Waals surface area contributed by atoms with E-state index in [0.29, 0.717) is 23.2 Å². The van der Waals surface area contributed by atoms with E-state index in [-0.39, 0.29) is 0 Å². The summed E-state index contributed by atoms with van der Waals surface area (Å²) in [6.07, 6.45) is 4.54. The van der Waals surface area contributed by atoms with Crippen LogP contribution in [-0.4, -0.2) is 42.1 Å². The van der Waals surface area contributed by atoms with Crippen LogP contribution in [-0.2, 0) is 26.1 Å². The molecule has 1 fully saturated rings. The van der Waals surface area contributed by atoms with Gasteiger partial charge >= 0.3 is 0 Å². The first-order valence-corrected chi connectivity index (χ1v) is 14.1. The molecule has 0 spiro atoms. The topological polar surface area (TPSA) is 41.7 Å². The third-order valence-electron chi connectivity index (χ3n) is 7.37. The number of aryl methyl sites for hydroxylation is 1. The number of nitrogens with zero attached hydrogens (tertiary/aromatic N) is 3. The lowest BCUT2D eigenvalue weighted by molar-refractivity contribution is 0.172. The minimum Gasteiger partial charge on any atom is -0.488 e. The molecule has 3 aromatic carbocycles. The zero-order valence-corrected chi connectivity index (χ0v) is 23.6. The number of piperidine rings is 1. The molecule has 0 bridgehead atoms. The summed E-state index contributed by atoms with van der Waals surface area (Å²) < 4.78 is 12.2. The van der Waals surface area contributed by atoms with Crippen LogP contribution in [0.2, 0.25) is 10.0 Å². The lowest BCUT2D eigenvalue weighted by Gasteiger charge is -2.31. The van der Waals surface area contributed by atoms with Gasteiger partial charge in [-0.15, -0.1) is 0 Å². The zero-order valence-electron chi connectivity index (χ0n) is 22.1. The van der Waals surface area contributed by atoms with E-state index < -0.39 is 0 Å². The summed E-state index contributed by atoms with van der Waals surface area (Å²) in [5.74, 6) is 1.52. The number of rotatable bonds is 10. The molecule has 5 rings (SSSR count). The molecule has 1 aliphatic rings. The largest absolute Gasteiger partial charge is 0.488 e. The van der Waals surface area contributed by atoms with Crippen molar-refractivity contribution in [2.24, 2.45) is 5.92 Å². The van der Waals surface area contributed by atoms with Gasteiger partial charge in [0, 0.05) is 18.5 Å². The van der Waals surface area contributed by atoms with Crippen molar-refractivity contribution in [1.29, 1.82) is 0 Å². The molecule has 0 unspecified atom stereocenters. The lowest BCUT2D eigenvalue weighted by atomic mass is 9.91. The Labute approximate surface area is 235 Å². The van der Waals surface area contributed by atoms with Crippen molar-refractivity contribution >= 4 is 34.2 Å². The van der Waals surface area contributed by atoms with Gasteiger partial charge < -0.3 is 14.2 Å². The Hall–Kier alpha value is -2.57. The predicted molar refractivity (Wildman–Crippen MR) is 155 cm³/mol. The van der Waals surface area contributed by atoms with E-state index in [0.717, 1.165) is 71.9 Å². The van der Waals surface area contributed by atoms with Gasteiger partial charge in [0.05, 0.1) is 21.3 Å². The number of likely N-dealkylation sites (tertiary alicyclic amines) is 1. The second-order valence-electron chi connectivity index (χ2n) is 10.6. The standard InChI is InChI=1S/C31H35Cl2N3O2/c1-35(2)20-26-30(37-21-24-8-11-27(32)28(33)18-24)13-10-25-29(34-38-31(25)26)12-9-22-14-16-36(17-15-22)19-23-6-4-3-5-7-23/h3-8,10-11,13,18,22H,9,12,14-17,19-21H2,1-2H3. The zero-order chi connectivity index (χ0) is 26.5. The van der Waals surface area contributed by atoms with E-state index in [4.69, 9.17) is 32.5 Å². The molecule has 5 nitrogen and oxygen atoms in total. The molecule has 1 saturated heterocycles. The third-order valence-corrected chi connectivity index (χ3v) is 8.11. The molecule has 4 aromatic rings. The Morgan fingerprint density at radius 3 is 2.50 bits per heavy atom. The second-order valence-corrected chi connectivity index (χ2v) is 11.4. The highest BCUT2D eigenvalue weighted by Gasteiger charge is 2.22. The summed E-state index contributed by atoms with van der Waals surface area (Å²) >= 11 is 12.2. The highest BCUT2D eigenvalue weighted by atomic mass is 35.5. The smallest absolute Gasteiger partial charge is 0.175 e. The average Bonchev–Trinajstić information content (AvgIpc) is 3.33. The Morgan fingerprint density at radius 2 is 1.76 bits per heavy atom. The van der Waals surface area contributed by atoms with Crippen LogP contribution in [0, 0.1) is 5.92 Å². The fourth-order valence-electron chi connectivity index (χ4n) is 5.28. The van der Waals surface area contributed by atoms with E-state index in [9.17, 15) is 0 Å². The number of hydrogen-bond acceptors (Lipinski definition) is 5. The van der Waals surface area contributed by atoms with Gasteiger partial charge in [0.25, 0.3) is 0 Å². The first kappa shape index (κ1) is 27.0. The van der Waals surface area contributed by atoms with E-state index in [1.165, 1.54) is 18.4 Å². The van der Waals surface area contributed by atoms with Crippen LogP contribution in [0.4, 0.5) is 0 Å². The van der Waals surface area contributed by atoms with Crippen LogP contribution in [0.3, 0.4) is 0 Å². The van der Waals surface area contributed by atoms with Crippen molar-refractivity contribution in [3.63, 3.8) is 0 Å². The normalized spacial score (nSPS) is 15.0. The summed E-state index contributed by atoms with van der Waals surface area (Å²) in [7, 11) is 4.09. The van der Waals surface area contributed by atoms with Gasteiger partial charge in [-0.1, -0.05) is 64.8 Å². The summed E-state index contributed by atoms with van der Waals surface area (Å²) in [4.78, 5) is 4.69. The number of benzene rings is 3. The molecule has 0 atom stereocenters. The van der Waals surface area contributed by atoms with Crippen molar-refractivity contribution in [2.45, 2.75) is 45.4 Å². The SMILES string of the molecule is CN(C)Cc1c(OCc2ccc(Cl)c(Cl)c2)ccc2c(CCC3CCN(Cc4ccccc4)CC3)noc12. The molecule has 200 valence electrons. The molecule has 0 amide bonds. The maximum Gasteiger partial charge on any atom is 0.175 e. The molecule has 1 aromatic heterocycles. The van der Waals surface area contributed by atoms with Gasteiger partial charge in [0.15, 0.2) is 5.58 Å². The van der Waals surface area contributed by atoms with Gasteiger partial charge in [-0.2, -0.15) is 0 Å². The molecule has 0 N–H and O–H groups in total. The maximum atomic E-state index is 6.22. The first-order chi connectivity index (χ1) is 18.5. The van der Waals surface area contributed by atoms with Crippen molar-refractivity contribution in [3.05, 3.63) is 93.1 Å². The number of hydrogen-bond donors (Lipinski definition) is 0. The Bertz CT molecular complexity index is 1350. The number of ether oxygens (including phenoxy) is 1. The highest BCUT2D eigenvalue weighted by Crippen LogP contribution is 2.33. The minimum absolute atomic E-state index is 0.396. The van der Waals surface area contributed by atoms with Gasteiger partial charge in [0.1, 0.15) is 12.4 Å². The van der Waals surface area contributed by atoms with E-state index in [1.807, 2.05) is 32.3 Å². The summed E-state index contributed by atoms with van der Waals surface area (Å²) in [6.45, 7) is 4.46. The van der Waals surface area contributed by atoms with Crippen molar-refractivity contribution < 1.29 is 9.26 Å². The quantitative estimate of drug-likeness (QED) is 0.203. The first-order valence-electron chi connectivity index (χ1n) is 13.3. The number of halogens is 2. The number of fused-ring (bicyclic) bond motifs is 1. The Balaban J connectivity index is 1.22. The highest BCUT2D eigenvalue weighted by molar-refractivity contribution is 6.42. The molecule has 1 aliphatic heterocycles. The van der Waals surface area contributed by atoms with Crippen LogP contribution in [0.15, 0.2) is 65.2 Å². The molecule has 7 heteroatoms. The fraction of sp³-hybridized carbons (Fsp3) is 0.387. The molecule has 0 saturated carbocycles. The predicted octanol–water partition coefficient (Wildman–Crippen LogP) is 7.62. The molecule has 0 radical (unpaired) electrons. The van der Waals surface area contributed by atoms with Gasteiger partial charge in [-0.05, 0) is 94.2 Å². The van der Waals surface area contributed by atoms with Crippen molar-refractivity contribution in [3.8, 4) is 5.75 Å². The minimum atomic E-state index is 0.396. The van der Waals surface area contributed by atoms with E-state index >= 15 is 0 Å². The second kappa shape index (κ2) is 12.5. The van der Waals surface area contributed by atoms with Crippen LogP contribution in [0.5, 0.6) is 5.75 Å². The molecular weight excluding hydrogens is 517 g/mol. The van der Waals surface area contributed by atoms with Crippen LogP contribution >= 0.6 is 23.2 Å². The molecule has 2 heterocycles. The monoisotopic (exact) mass is 551 g/mol. The Morgan fingerprint density at radius 1 is 0.974 bits per heavy atom. The van der Waals surface area contributed by atoms with Crippen molar-refractivity contribution in [1.82, 2.24) is 15.0 Å². The van der Waals surface area contributed by atoms with Gasteiger partial charge in [0.2, 0.25) is 0 Å². The summed E-state index contributed by atoms with van der Waals surface area (Å²) in [5.41, 5.74) is 5.23.